The fourth-order valence-electron chi connectivity index (χ4n) is 2.02. The molecule has 0 bridgehead atoms. The monoisotopic (exact) mass is 303 g/mol. The minimum atomic E-state index is -0.0296. The highest BCUT2D eigenvalue weighted by atomic mass is 35.5. The van der Waals surface area contributed by atoms with Gasteiger partial charge in [0.1, 0.15) is 5.75 Å². The van der Waals surface area contributed by atoms with Crippen LogP contribution in [0.5, 0.6) is 5.75 Å². The van der Waals surface area contributed by atoms with E-state index in [1.54, 1.807) is 19.2 Å². The molecule has 0 radical (unpaired) electrons. The molecule has 0 atom stereocenters. The van der Waals surface area contributed by atoms with Crippen molar-refractivity contribution in [2.45, 2.75) is 12.8 Å². The zero-order valence-electron chi connectivity index (χ0n) is 11.9. The van der Waals surface area contributed by atoms with E-state index in [0.29, 0.717) is 17.3 Å². The fraction of sp³-hybridized carbons (Fsp3) is 0.235. The number of nitrogens with one attached hydrogen (secondary N) is 1. The average Bonchev–Trinajstić information content (AvgIpc) is 2.50. The molecule has 110 valence electrons. The van der Waals surface area contributed by atoms with Crippen LogP contribution in [0.2, 0.25) is 5.02 Å². The molecule has 2 rings (SSSR count). The fourth-order valence-corrected chi connectivity index (χ4v) is 2.26. The maximum absolute atomic E-state index is 11.9. The van der Waals surface area contributed by atoms with Crippen molar-refractivity contribution in [2.75, 3.05) is 13.7 Å². The van der Waals surface area contributed by atoms with Crippen LogP contribution in [0.4, 0.5) is 0 Å². The van der Waals surface area contributed by atoms with Gasteiger partial charge in [-0.25, -0.2) is 0 Å². The molecule has 0 saturated carbocycles. The zero-order chi connectivity index (χ0) is 15.1. The van der Waals surface area contributed by atoms with E-state index in [4.69, 9.17) is 16.3 Å². The van der Waals surface area contributed by atoms with Gasteiger partial charge in [0.15, 0.2) is 0 Å². The molecule has 0 spiro atoms. The van der Waals surface area contributed by atoms with Crippen LogP contribution in [-0.2, 0) is 17.6 Å². The highest BCUT2D eigenvalue weighted by Gasteiger charge is 2.07. The lowest BCUT2D eigenvalue weighted by Crippen LogP contribution is -2.27. The lowest BCUT2D eigenvalue weighted by Gasteiger charge is -2.08. The molecule has 0 saturated heterocycles. The molecule has 1 N–H and O–H groups in total. The number of methoxy groups -OCH3 is 1. The SMILES string of the molecule is COc1ccc(CC(=O)NCCc2ccccc2)c(Cl)c1. The summed E-state index contributed by atoms with van der Waals surface area (Å²) in [6.45, 7) is 0.622. The van der Waals surface area contributed by atoms with Crippen molar-refractivity contribution in [3.63, 3.8) is 0 Å². The summed E-state index contributed by atoms with van der Waals surface area (Å²) in [6.07, 6.45) is 1.10. The average molecular weight is 304 g/mol. The van der Waals surface area contributed by atoms with Crippen LogP contribution in [0.15, 0.2) is 48.5 Å². The Bertz CT molecular complexity index is 599. The quantitative estimate of drug-likeness (QED) is 0.889. The highest BCUT2D eigenvalue weighted by molar-refractivity contribution is 6.31. The number of benzene rings is 2. The molecule has 1 amide bonds. The lowest BCUT2D eigenvalue weighted by atomic mass is 10.1. The second-order valence-corrected chi connectivity index (χ2v) is 5.13. The number of hydrogen-bond acceptors (Lipinski definition) is 2. The van der Waals surface area contributed by atoms with Crippen molar-refractivity contribution in [3.05, 3.63) is 64.7 Å². The number of carbonyl (C=O) groups is 1. The number of carbonyl (C=O) groups excluding carboxylic acids is 1. The van der Waals surface area contributed by atoms with Crippen LogP contribution >= 0.6 is 11.6 Å². The molecule has 0 heterocycles. The van der Waals surface area contributed by atoms with E-state index >= 15 is 0 Å². The van der Waals surface area contributed by atoms with Gasteiger partial charge in [0.05, 0.1) is 13.5 Å². The normalized spacial score (nSPS) is 10.2. The Morgan fingerprint density at radius 2 is 1.95 bits per heavy atom. The van der Waals surface area contributed by atoms with Gasteiger partial charge in [0.2, 0.25) is 5.91 Å². The summed E-state index contributed by atoms with van der Waals surface area (Å²) in [5, 5.41) is 3.46. The zero-order valence-corrected chi connectivity index (χ0v) is 12.7. The molecule has 2 aromatic carbocycles. The Morgan fingerprint density at radius 3 is 2.62 bits per heavy atom. The molecule has 0 aliphatic carbocycles. The van der Waals surface area contributed by atoms with E-state index in [0.717, 1.165) is 12.0 Å². The molecule has 21 heavy (non-hydrogen) atoms. The molecule has 4 heteroatoms. The lowest BCUT2D eigenvalue weighted by molar-refractivity contribution is -0.120. The Balaban J connectivity index is 1.82. The van der Waals surface area contributed by atoms with Crippen molar-refractivity contribution in [1.29, 1.82) is 0 Å². The van der Waals surface area contributed by atoms with Crippen molar-refractivity contribution in [2.24, 2.45) is 0 Å². The maximum Gasteiger partial charge on any atom is 0.224 e. The first kappa shape index (κ1) is 15.4. The standard InChI is InChI=1S/C17H18ClNO2/c1-21-15-8-7-14(16(18)12-15)11-17(20)19-10-9-13-5-3-2-4-6-13/h2-8,12H,9-11H2,1H3,(H,19,20). The predicted molar refractivity (Wildman–Crippen MR) is 84.9 cm³/mol. The Labute approximate surface area is 129 Å². The Hall–Kier alpha value is -2.00. The van der Waals surface area contributed by atoms with E-state index in [9.17, 15) is 4.79 Å². The summed E-state index contributed by atoms with van der Waals surface area (Å²) in [5.74, 6) is 0.659. The maximum atomic E-state index is 11.9. The number of ether oxygens (including phenoxy) is 1. The third-order valence-electron chi connectivity index (χ3n) is 3.19. The minimum absolute atomic E-state index is 0.0296. The first-order chi connectivity index (χ1) is 10.2. The molecular formula is C17H18ClNO2. The summed E-state index contributed by atoms with van der Waals surface area (Å²) < 4.78 is 5.08. The third kappa shape index (κ3) is 4.80. The second kappa shape index (κ2) is 7.70. The van der Waals surface area contributed by atoms with E-state index in [1.807, 2.05) is 36.4 Å². The van der Waals surface area contributed by atoms with Crippen LogP contribution in [0, 0.1) is 0 Å². The second-order valence-electron chi connectivity index (χ2n) is 4.72. The van der Waals surface area contributed by atoms with Crippen molar-refractivity contribution >= 4 is 17.5 Å². The summed E-state index contributed by atoms with van der Waals surface area (Å²) >= 11 is 6.12. The molecule has 0 unspecified atom stereocenters. The minimum Gasteiger partial charge on any atom is -0.497 e. The summed E-state index contributed by atoms with van der Waals surface area (Å²) in [6, 6.07) is 15.4. The van der Waals surface area contributed by atoms with Crippen LogP contribution in [0.3, 0.4) is 0 Å². The van der Waals surface area contributed by atoms with E-state index in [2.05, 4.69) is 5.32 Å². The summed E-state index contributed by atoms with van der Waals surface area (Å²) in [7, 11) is 1.58. The van der Waals surface area contributed by atoms with E-state index in [-0.39, 0.29) is 12.3 Å². The summed E-state index contributed by atoms with van der Waals surface area (Å²) in [4.78, 5) is 11.9. The first-order valence-corrected chi connectivity index (χ1v) is 7.20. The summed E-state index contributed by atoms with van der Waals surface area (Å²) in [5.41, 5.74) is 2.01. The van der Waals surface area contributed by atoms with Gasteiger partial charge in [-0.15, -0.1) is 0 Å². The topological polar surface area (TPSA) is 38.3 Å². The van der Waals surface area contributed by atoms with Gasteiger partial charge in [-0.3, -0.25) is 4.79 Å². The number of amides is 1. The van der Waals surface area contributed by atoms with Gasteiger partial charge in [-0.05, 0) is 29.7 Å². The third-order valence-corrected chi connectivity index (χ3v) is 3.54. The predicted octanol–water partition coefficient (Wildman–Crippen LogP) is 3.25. The number of halogens is 1. The number of hydrogen-bond donors (Lipinski definition) is 1. The van der Waals surface area contributed by atoms with Gasteiger partial charge in [-0.2, -0.15) is 0 Å². The van der Waals surface area contributed by atoms with Crippen LogP contribution < -0.4 is 10.1 Å². The van der Waals surface area contributed by atoms with E-state index in [1.165, 1.54) is 5.56 Å². The van der Waals surface area contributed by atoms with Crippen molar-refractivity contribution in [1.82, 2.24) is 5.32 Å². The van der Waals surface area contributed by atoms with Gasteiger partial charge < -0.3 is 10.1 Å². The van der Waals surface area contributed by atoms with Crippen LogP contribution in [-0.4, -0.2) is 19.6 Å². The molecule has 0 aliphatic heterocycles. The van der Waals surface area contributed by atoms with Gasteiger partial charge in [0.25, 0.3) is 0 Å². The smallest absolute Gasteiger partial charge is 0.224 e. The molecule has 0 aliphatic rings. The first-order valence-electron chi connectivity index (χ1n) is 6.82. The largest absolute Gasteiger partial charge is 0.497 e. The Morgan fingerprint density at radius 1 is 1.19 bits per heavy atom. The van der Waals surface area contributed by atoms with Crippen LogP contribution in [0.25, 0.3) is 0 Å². The van der Waals surface area contributed by atoms with Crippen LogP contribution in [0.1, 0.15) is 11.1 Å². The highest BCUT2D eigenvalue weighted by Crippen LogP contribution is 2.22. The van der Waals surface area contributed by atoms with Gasteiger partial charge in [0, 0.05) is 11.6 Å². The van der Waals surface area contributed by atoms with Gasteiger partial charge in [-0.1, -0.05) is 48.0 Å². The molecule has 3 nitrogen and oxygen atoms in total. The molecule has 0 aromatic heterocycles. The van der Waals surface area contributed by atoms with Crippen molar-refractivity contribution in [3.8, 4) is 5.75 Å². The molecule has 2 aromatic rings. The Kier molecular flexibility index (Phi) is 5.64. The molecular weight excluding hydrogens is 286 g/mol. The molecule has 0 fully saturated rings. The number of rotatable bonds is 6. The van der Waals surface area contributed by atoms with Gasteiger partial charge >= 0.3 is 0 Å². The van der Waals surface area contributed by atoms with E-state index < -0.39 is 0 Å². The van der Waals surface area contributed by atoms with Crippen molar-refractivity contribution < 1.29 is 9.53 Å².